The Morgan fingerprint density at radius 1 is 1.60 bits per heavy atom. The summed E-state index contributed by atoms with van der Waals surface area (Å²) in [5.41, 5.74) is 6.21. The molecular formula is C11H11N2O2. The van der Waals surface area contributed by atoms with Crippen LogP contribution in [-0.2, 0) is 6.42 Å². The van der Waals surface area contributed by atoms with Crippen LogP contribution in [0.3, 0.4) is 0 Å². The number of nitrogens with two attached hydrogens (primary N) is 1. The Hall–Kier alpha value is -2.02. The summed E-state index contributed by atoms with van der Waals surface area (Å²) in [7, 11) is 0. The molecule has 0 atom stereocenters. The number of hydrogen-bond acceptors (Lipinski definition) is 3. The van der Waals surface area contributed by atoms with Gasteiger partial charge in [0.1, 0.15) is 5.75 Å². The van der Waals surface area contributed by atoms with Crippen LogP contribution in [0.5, 0.6) is 5.75 Å². The highest BCUT2D eigenvalue weighted by atomic mass is 16.3. The maximum Gasteiger partial charge on any atom is 0.249 e. The minimum atomic E-state index is -0.571. The van der Waals surface area contributed by atoms with Crippen molar-refractivity contribution in [3.8, 4) is 11.8 Å². The zero-order valence-electron chi connectivity index (χ0n) is 8.10. The van der Waals surface area contributed by atoms with Crippen LogP contribution in [0.4, 0.5) is 0 Å². The number of rotatable bonds is 4. The summed E-state index contributed by atoms with van der Waals surface area (Å²) in [5.74, 6) is -0.560. The SMILES string of the molecule is N#C[CH]CCc1ccc(O)cc1C(N)=O. The van der Waals surface area contributed by atoms with Gasteiger partial charge in [0.25, 0.3) is 0 Å². The van der Waals surface area contributed by atoms with E-state index in [0.717, 1.165) is 5.56 Å². The van der Waals surface area contributed by atoms with E-state index in [4.69, 9.17) is 11.0 Å². The lowest BCUT2D eigenvalue weighted by molar-refractivity contribution is 0.0999. The Bertz CT molecular complexity index is 408. The molecule has 1 aromatic carbocycles. The van der Waals surface area contributed by atoms with Crippen molar-refractivity contribution in [2.45, 2.75) is 12.8 Å². The van der Waals surface area contributed by atoms with Crippen molar-refractivity contribution >= 4 is 5.91 Å². The quantitative estimate of drug-likeness (QED) is 0.719. The maximum absolute atomic E-state index is 11.0. The molecule has 1 radical (unpaired) electrons. The lowest BCUT2D eigenvalue weighted by Crippen LogP contribution is -2.13. The van der Waals surface area contributed by atoms with Crippen molar-refractivity contribution in [1.82, 2.24) is 0 Å². The van der Waals surface area contributed by atoms with Crippen molar-refractivity contribution in [2.75, 3.05) is 0 Å². The van der Waals surface area contributed by atoms with E-state index in [0.29, 0.717) is 18.4 Å². The van der Waals surface area contributed by atoms with Gasteiger partial charge in [0.2, 0.25) is 5.91 Å². The Labute approximate surface area is 87.9 Å². The first-order valence-electron chi connectivity index (χ1n) is 4.48. The monoisotopic (exact) mass is 203 g/mol. The number of primary amides is 1. The van der Waals surface area contributed by atoms with E-state index in [-0.39, 0.29) is 5.75 Å². The summed E-state index contributed by atoms with van der Waals surface area (Å²) in [6.45, 7) is 0. The van der Waals surface area contributed by atoms with Crippen LogP contribution >= 0.6 is 0 Å². The lowest BCUT2D eigenvalue weighted by Gasteiger charge is -2.05. The highest BCUT2D eigenvalue weighted by molar-refractivity contribution is 5.94. The van der Waals surface area contributed by atoms with E-state index in [1.807, 2.05) is 6.07 Å². The van der Waals surface area contributed by atoms with E-state index >= 15 is 0 Å². The van der Waals surface area contributed by atoms with Crippen molar-refractivity contribution < 1.29 is 9.90 Å². The highest BCUT2D eigenvalue weighted by Gasteiger charge is 2.08. The molecule has 0 saturated heterocycles. The third-order valence-electron chi connectivity index (χ3n) is 2.01. The summed E-state index contributed by atoms with van der Waals surface area (Å²) < 4.78 is 0. The number of carbonyl (C=O) groups is 1. The first-order valence-corrected chi connectivity index (χ1v) is 4.48. The molecule has 0 aliphatic rings. The lowest BCUT2D eigenvalue weighted by atomic mass is 10.0. The van der Waals surface area contributed by atoms with Gasteiger partial charge in [-0.25, -0.2) is 0 Å². The average molecular weight is 203 g/mol. The standard InChI is InChI=1S/C11H11N2O2/c12-6-2-1-3-8-4-5-9(14)7-10(8)11(13)15/h2,4-5,7,14H,1,3H2,(H2,13,15). The summed E-state index contributed by atoms with van der Waals surface area (Å²) in [6, 6.07) is 6.38. The van der Waals surface area contributed by atoms with Crippen LogP contribution < -0.4 is 5.73 Å². The molecule has 1 amide bonds. The fourth-order valence-electron chi connectivity index (χ4n) is 1.30. The maximum atomic E-state index is 11.0. The summed E-state index contributed by atoms with van der Waals surface area (Å²) in [5, 5.41) is 17.5. The van der Waals surface area contributed by atoms with Gasteiger partial charge < -0.3 is 10.8 Å². The predicted molar refractivity (Wildman–Crippen MR) is 54.9 cm³/mol. The Morgan fingerprint density at radius 2 is 2.33 bits per heavy atom. The second kappa shape index (κ2) is 5.01. The van der Waals surface area contributed by atoms with Gasteiger partial charge in [-0.2, -0.15) is 5.26 Å². The molecule has 4 nitrogen and oxygen atoms in total. The zero-order valence-corrected chi connectivity index (χ0v) is 8.10. The van der Waals surface area contributed by atoms with Crippen molar-refractivity contribution in [3.05, 3.63) is 35.7 Å². The van der Waals surface area contributed by atoms with Gasteiger partial charge in [-0.3, -0.25) is 4.79 Å². The fourth-order valence-corrected chi connectivity index (χ4v) is 1.30. The number of phenolic OH excluding ortho intramolecular Hbond substituents is 1. The molecule has 4 heteroatoms. The molecule has 0 heterocycles. The van der Waals surface area contributed by atoms with Crippen LogP contribution in [0.15, 0.2) is 18.2 Å². The number of unbranched alkanes of at least 4 members (excludes halogenated alkanes) is 1. The first kappa shape index (κ1) is 11.1. The van der Waals surface area contributed by atoms with E-state index in [9.17, 15) is 9.90 Å². The molecule has 0 aromatic heterocycles. The molecule has 0 bridgehead atoms. The smallest absolute Gasteiger partial charge is 0.249 e. The van der Waals surface area contributed by atoms with Gasteiger partial charge in [-0.15, -0.1) is 0 Å². The van der Waals surface area contributed by atoms with Crippen LogP contribution in [0.25, 0.3) is 0 Å². The fraction of sp³-hybridized carbons (Fsp3) is 0.182. The number of nitrogens with zero attached hydrogens (tertiary/aromatic N) is 1. The minimum absolute atomic E-state index is 0.0109. The number of aromatic hydroxyl groups is 1. The summed E-state index contributed by atoms with van der Waals surface area (Å²) in [4.78, 5) is 11.0. The number of nitriles is 1. The molecule has 3 N–H and O–H groups in total. The van der Waals surface area contributed by atoms with Crippen LogP contribution in [-0.4, -0.2) is 11.0 Å². The molecule has 0 spiro atoms. The van der Waals surface area contributed by atoms with Crippen molar-refractivity contribution in [3.63, 3.8) is 0 Å². The molecule has 0 fully saturated rings. The van der Waals surface area contributed by atoms with Crippen LogP contribution in [0, 0.1) is 17.8 Å². The van der Waals surface area contributed by atoms with Gasteiger partial charge in [0, 0.05) is 5.56 Å². The van der Waals surface area contributed by atoms with E-state index < -0.39 is 5.91 Å². The highest BCUT2D eigenvalue weighted by Crippen LogP contribution is 2.17. The van der Waals surface area contributed by atoms with Crippen LogP contribution in [0.1, 0.15) is 22.3 Å². The Balaban J connectivity index is 2.87. The number of benzene rings is 1. The van der Waals surface area contributed by atoms with Crippen LogP contribution in [0.2, 0.25) is 0 Å². The second-order valence-electron chi connectivity index (χ2n) is 3.08. The Kier molecular flexibility index (Phi) is 3.69. The molecule has 0 unspecified atom stereocenters. The first-order chi connectivity index (χ1) is 7.15. The van der Waals surface area contributed by atoms with E-state index in [1.54, 1.807) is 6.07 Å². The molecule has 77 valence electrons. The largest absolute Gasteiger partial charge is 0.508 e. The van der Waals surface area contributed by atoms with Gasteiger partial charge >= 0.3 is 0 Å². The zero-order chi connectivity index (χ0) is 11.3. The second-order valence-corrected chi connectivity index (χ2v) is 3.08. The van der Waals surface area contributed by atoms with Gasteiger partial charge in [-0.05, 0) is 30.5 Å². The topological polar surface area (TPSA) is 87.1 Å². The normalized spacial score (nSPS) is 9.53. The minimum Gasteiger partial charge on any atom is -0.508 e. The van der Waals surface area contributed by atoms with Gasteiger partial charge in [-0.1, -0.05) is 6.07 Å². The average Bonchev–Trinajstić information content (AvgIpc) is 2.20. The molecule has 0 saturated carbocycles. The molecule has 15 heavy (non-hydrogen) atoms. The van der Waals surface area contributed by atoms with E-state index in [2.05, 4.69) is 0 Å². The third-order valence-corrected chi connectivity index (χ3v) is 2.01. The van der Waals surface area contributed by atoms with Gasteiger partial charge in [0.05, 0.1) is 12.5 Å². The Morgan fingerprint density at radius 3 is 2.93 bits per heavy atom. The number of amides is 1. The number of phenols is 1. The number of hydrogen-bond donors (Lipinski definition) is 2. The van der Waals surface area contributed by atoms with Gasteiger partial charge in [0.15, 0.2) is 0 Å². The molecule has 0 aliphatic heterocycles. The summed E-state index contributed by atoms with van der Waals surface area (Å²) >= 11 is 0. The van der Waals surface area contributed by atoms with Crippen molar-refractivity contribution in [1.29, 1.82) is 5.26 Å². The molecular weight excluding hydrogens is 192 g/mol. The molecule has 0 aliphatic carbocycles. The molecule has 1 rings (SSSR count). The molecule has 1 aromatic rings. The number of carbonyl (C=O) groups excluding carboxylic acids is 1. The third kappa shape index (κ3) is 2.99. The van der Waals surface area contributed by atoms with Crippen molar-refractivity contribution in [2.24, 2.45) is 5.73 Å². The summed E-state index contributed by atoms with van der Waals surface area (Å²) in [6.07, 6.45) is 2.57. The predicted octanol–water partition coefficient (Wildman–Crippen LogP) is 1.15. The van der Waals surface area contributed by atoms with E-state index in [1.165, 1.54) is 18.6 Å². The number of aryl methyl sites for hydroxylation is 1.